The number of furan rings is 1. The summed E-state index contributed by atoms with van der Waals surface area (Å²) in [5.41, 5.74) is 0. The van der Waals surface area contributed by atoms with Gasteiger partial charge in [-0.05, 0) is 25.5 Å². The SMILES string of the molecule is CCN(Cc1ccco1)C(=O)NCCCC(=O)O. The zero-order valence-corrected chi connectivity index (χ0v) is 10.4. The lowest BCUT2D eigenvalue weighted by Crippen LogP contribution is -2.39. The molecule has 0 unspecified atom stereocenters. The van der Waals surface area contributed by atoms with Crippen LogP contribution in [0.3, 0.4) is 0 Å². The van der Waals surface area contributed by atoms with E-state index >= 15 is 0 Å². The van der Waals surface area contributed by atoms with Gasteiger partial charge in [0.1, 0.15) is 5.76 Å². The summed E-state index contributed by atoms with van der Waals surface area (Å²) >= 11 is 0. The van der Waals surface area contributed by atoms with Crippen LogP contribution in [0.5, 0.6) is 0 Å². The molecule has 0 bridgehead atoms. The van der Waals surface area contributed by atoms with Gasteiger partial charge in [0.2, 0.25) is 0 Å². The standard InChI is InChI=1S/C12H18N2O4/c1-2-14(9-10-5-4-8-18-10)12(17)13-7-3-6-11(15)16/h4-5,8H,2-3,6-7,9H2,1H3,(H,13,17)(H,15,16). The molecule has 0 aliphatic rings. The van der Waals surface area contributed by atoms with Gasteiger partial charge in [-0.3, -0.25) is 4.79 Å². The molecular formula is C12H18N2O4. The molecule has 2 N–H and O–H groups in total. The van der Waals surface area contributed by atoms with Crippen molar-refractivity contribution in [3.8, 4) is 0 Å². The second-order valence-electron chi connectivity index (χ2n) is 3.82. The van der Waals surface area contributed by atoms with Crippen LogP contribution in [0.1, 0.15) is 25.5 Å². The number of nitrogens with zero attached hydrogens (tertiary/aromatic N) is 1. The summed E-state index contributed by atoms with van der Waals surface area (Å²) in [6, 6.07) is 3.37. The van der Waals surface area contributed by atoms with E-state index in [0.717, 1.165) is 5.76 Å². The molecule has 0 atom stereocenters. The van der Waals surface area contributed by atoms with Crippen molar-refractivity contribution in [3.63, 3.8) is 0 Å². The van der Waals surface area contributed by atoms with E-state index in [2.05, 4.69) is 5.32 Å². The largest absolute Gasteiger partial charge is 0.481 e. The van der Waals surface area contributed by atoms with E-state index in [-0.39, 0.29) is 12.5 Å². The molecule has 1 rings (SSSR count). The number of hydrogen-bond donors (Lipinski definition) is 2. The van der Waals surface area contributed by atoms with Crippen LogP contribution in [-0.4, -0.2) is 35.1 Å². The molecule has 0 spiro atoms. The Morgan fingerprint density at radius 1 is 1.50 bits per heavy atom. The first-order valence-electron chi connectivity index (χ1n) is 5.90. The van der Waals surface area contributed by atoms with Crippen LogP contribution in [0, 0.1) is 0 Å². The summed E-state index contributed by atoms with van der Waals surface area (Å²) in [7, 11) is 0. The van der Waals surface area contributed by atoms with Gasteiger partial charge >= 0.3 is 12.0 Å². The van der Waals surface area contributed by atoms with Crippen LogP contribution in [0.25, 0.3) is 0 Å². The topological polar surface area (TPSA) is 82.8 Å². The van der Waals surface area contributed by atoms with E-state index in [9.17, 15) is 9.59 Å². The molecule has 0 fully saturated rings. The van der Waals surface area contributed by atoms with Crippen molar-refractivity contribution in [1.29, 1.82) is 0 Å². The Kier molecular flexibility index (Phi) is 5.76. The third-order valence-corrected chi connectivity index (χ3v) is 2.44. The number of rotatable bonds is 7. The quantitative estimate of drug-likeness (QED) is 0.725. The summed E-state index contributed by atoms with van der Waals surface area (Å²) in [6.45, 7) is 3.21. The second-order valence-corrected chi connectivity index (χ2v) is 3.82. The molecule has 6 nitrogen and oxygen atoms in total. The lowest BCUT2D eigenvalue weighted by Gasteiger charge is -2.20. The van der Waals surface area contributed by atoms with Crippen molar-refractivity contribution in [2.24, 2.45) is 0 Å². The Bertz CT molecular complexity index is 375. The van der Waals surface area contributed by atoms with E-state index in [4.69, 9.17) is 9.52 Å². The Morgan fingerprint density at radius 2 is 2.28 bits per heavy atom. The highest BCUT2D eigenvalue weighted by molar-refractivity contribution is 5.74. The van der Waals surface area contributed by atoms with Crippen LogP contribution < -0.4 is 5.32 Å². The van der Waals surface area contributed by atoms with E-state index in [0.29, 0.717) is 26.1 Å². The molecule has 1 aromatic rings. The molecule has 0 aromatic carbocycles. The van der Waals surface area contributed by atoms with Crippen molar-refractivity contribution in [2.75, 3.05) is 13.1 Å². The van der Waals surface area contributed by atoms with Gasteiger partial charge < -0.3 is 19.7 Å². The summed E-state index contributed by atoms with van der Waals surface area (Å²) < 4.78 is 5.17. The molecule has 6 heteroatoms. The number of carbonyl (C=O) groups excluding carboxylic acids is 1. The van der Waals surface area contributed by atoms with Gasteiger partial charge in [0.05, 0.1) is 12.8 Å². The number of aliphatic carboxylic acids is 1. The number of hydrogen-bond acceptors (Lipinski definition) is 3. The van der Waals surface area contributed by atoms with Crippen LogP contribution in [-0.2, 0) is 11.3 Å². The summed E-state index contributed by atoms with van der Waals surface area (Å²) in [5, 5.41) is 11.2. The fourth-order valence-corrected chi connectivity index (χ4v) is 1.46. The van der Waals surface area contributed by atoms with E-state index < -0.39 is 5.97 Å². The molecule has 1 heterocycles. The van der Waals surface area contributed by atoms with Gasteiger partial charge in [-0.15, -0.1) is 0 Å². The maximum absolute atomic E-state index is 11.8. The number of carboxylic acid groups (broad SMARTS) is 1. The lowest BCUT2D eigenvalue weighted by atomic mass is 10.3. The fourth-order valence-electron chi connectivity index (χ4n) is 1.46. The normalized spacial score (nSPS) is 10.1. The Hall–Kier alpha value is -1.98. The molecule has 18 heavy (non-hydrogen) atoms. The zero-order valence-electron chi connectivity index (χ0n) is 10.4. The third-order valence-electron chi connectivity index (χ3n) is 2.44. The number of urea groups is 1. The first-order valence-corrected chi connectivity index (χ1v) is 5.90. The van der Waals surface area contributed by atoms with Crippen LogP contribution in [0.4, 0.5) is 4.79 Å². The minimum absolute atomic E-state index is 0.0601. The second kappa shape index (κ2) is 7.37. The van der Waals surface area contributed by atoms with Crippen molar-refractivity contribution >= 4 is 12.0 Å². The predicted octanol–water partition coefficient (Wildman–Crippen LogP) is 1.68. The maximum atomic E-state index is 11.8. The van der Waals surface area contributed by atoms with Crippen molar-refractivity contribution in [3.05, 3.63) is 24.2 Å². The van der Waals surface area contributed by atoms with Gasteiger partial charge in [-0.1, -0.05) is 0 Å². The minimum atomic E-state index is -0.854. The van der Waals surface area contributed by atoms with Gasteiger partial charge in [-0.2, -0.15) is 0 Å². The highest BCUT2D eigenvalue weighted by Gasteiger charge is 2.12. The Morgan fingerprint density at radius 3 is 2.83 bits per heavy atom. The third kappa shape index (κ3) is 4.90. The first kappa shape index (κ1) is 14.1. The summed E-state index contributed by atoms with van der Waals surface area (Å²) in [6.07, 6.45) is 2.05. The van der Waals surface area contributed by atoms with Crippen LogP contribution in [0.15, 0.2) is 22.8 Å². The minimum Gasteiger partial charge on any atom is -0.481 e. The smallest absolute Gasteiger partial charge is 0.317 e. The van der Waals surface area contributed by atoms with E-state index in [1.165, 1.54) is 0 Å². The van der Waals surface area contributed by atoms with Gasteiger partial charge in [0.15, 0.2) is 0 Å². The first-order chi connectivity index (χ1) is 8.63. The van der Waals surface area contributed by atoms with Crippen LogP contribution in [0.2, 0.25) is 0 Å². The molecule has 0 saturated heterocycles. The number of carbonyl (C=O) groups is 2. The van der Waals surface area contributed by atoms with Gasteiger partial charge in [-0.25, -0.2) is 4.79 Å². The number of nitrogens with one attached hydrogen (secondary N) is 1. The van der Waals surface area contributed by atoms with Gasteiger partial charge in [0.25, 0.3) is 0 Å². The Balaban J connectivity index is 2.31. The van der Waals surface area contributed by atoms with E-state index in [1.54, 1.807) is 23.3 Å². The molecule has 2 amide bonds. The average Bonchev–Trinajstić information content (AvgIpc) is 2.84. The molecular weight excluding hydrogens is 236 g/mol. The molecule has 0 aliphatic carbocycles. The van der Waals surface area contributed by atoms with Gasteiger partial charge in [0, 0.05) is 19.5 Å². The lowest BCUT2D eigenvalue weighted by molar-refractivity contribution is -0.137. The molecule has 0 saturated carbocycles. The molecule has 100 valence electrons. The number of amides is 2. The highest BCUT2D eigenvalue weighted by atomic mass is 16.4. The average molecular weight is 254 g/mol. The monoisotopic (exact) mass is 254 g/mol. The van der Waals surface area contributed by atoms with E-state index in [1.807, 2.05) is 6.92 Å². The van der Waals surface area contributed by atoms with Crippen molar-refractivity contribution in [1.82, 2.24) is 10.2 Å². The summed E-state index contributed by atoms with van der Waals surface area (Å²) in [4.78, 5) is 23.7. The molecule has 0 aliphatic heterocycles. The van der Waals surface area contributed by atoms with Crippen molar-refractivity contribution < 1.29 is 19.1 Å². The highest BCUT2D eigenvalue weighted by Crippen LogP contribution is 2.05. The van der Waals surface area contributed by atoms with Crippen LogP contribution >= 0.6 is 0 Å². The predicted molar refractivity (Wildman–Crippen MR) is 65.1 cm³/mol. The van der Waals surface area contributed by atoms with Crippen molar-refractivity contribution in [2.45, 2.75) is 26.3 Å². The molecule has 0 radical (unpaired) electrons. The maximum Gasteiger partial charge on any atom is 0.317 e. The summed E-state index contributed by atoms with van der Waals surface area (Å²) in [5.74, 6) is -0.135. The fraction of sp³-hybridized carbons (Fsp3) is 0.500. The Labute approximate surface area is 106 Å². The zero-order chi connectivity index (χ0) is 13.4. The number of carboxylic acids is 1. The molecule has 1 aromatic heterocycles.